The highest BCUT2D eigenvalue weighted by molar-refractivity contribution is 5.86. The van der Waals surface area contributed by atoms with Crippen molar-refractivity contribution in [2.45, 2.75) is 44.7 Å². The summed E-state index contributed by atoms with van der Waals surface area (Å²) in [7, 11) is 1.65. The molecular formula is C16H24N2O2. The zero-order valence-corrected chi connectivity index (χ0v) is 12.4. The molecular weight excluding hydrogens is 252 g/mol. The summed E-state index contributed by atoms with van der Waals surface area (Å²) in [5.41, 5.74) is 0.643. The van der Waals surface area contributed by atoms with Gasteiger partial charge in [0.1, 0.15) is 5.75 Å². The van der Waals surface area contributed by atoms with Crippen LogP contribution in [-0.2, 0) is 11.3 Å². The van der Waals surface area contributed by atoms with Crippen LogP contribution in [0, 0.1) is 0 Å². The van der Waals surface area contributed by atoms with Crippen molar-refractivity contribution in [3.8, 4) is 5.75 Å². The van der Waals surface area contributed by atoms with Crippen LogP contribution in [0.5, 0.6) is 5.75 Å². The number of para-hydroxylation sites is 1. The summed E-state index contributed by atoms with van der Waals surface area (Å²) in [5, 5.41) is 6.45. The lowest BCUT2D eigenvalue weighted by atomic mass is 9.91. The van der Waals surface area contributed by atoms with Crippen molar-refractivity contribution in [2.75, 3.05) is 13.7 Å². The lowest BCUT2D eigenvalue weighted by Crippen LogP contribution is -2.53. The maximum Gasteiger partial charge on any atom is 0.240 e. The van der Waals surface area contributed by atoms with E-state index >= 15 is 0 Å². The molecule has 0 bridgehead atoms. The number of hydrogen-bond acceptors (Lipinski definition) is 3. The van der Waals surface area contributed by atoms with E-state index in [9.17, 15) is 4.79 Å². The fourth-order valence-corrected chi connectivity index (χ4v) is 2.95. The summed E-state index contributed by atoms with van der Waals surface area (Å²) in [6.07, 6.45) is 3.90. The van der Waals surface area contributed by atoms with E-state index in [2.05, 4.69) is 17.6 Å². The second-order valence-electron chi connectivity index (χ2n) is 5.36. The molecule has 1 aromatic carbocycles. The van der Waals surface area contributed by atoms with Crippen molar-refractivity contribution in [3.63, 3.8) is 0 Å². The summed E-state index contributed by atoms with van der Waals surface area (Å²) in [6, 6.07) is 7.78. The average molecular weight is 276 g/mol. The van der Waals surface area contributed by atoms with Crippen LogP contribution in [0.15, 0.2) is 24.3 Å². The Bertz CT molecular complexity index is 454. The lowest BCUT2D eigenvalue weighted by Gasteiger charge is -2.28. The monoisotopic (exact) mass is 276 g/mol. The van der Waals surface area contributed by atoms with Gasteiger partial charge >= 0.3 is 0 Å². The Morgan fingerprint density at radius 1 is 1.45 bits per heavy atom. The van der Waals surface area contributed by atoms with E-state index in [1.807, 2.05) is 24.3 Å². The van der Waals surface area contributed by atoms with Gasteiger partial charge in [-0.05, 0) is 31.9 Å². The van der Waals surface area contributed by atoms with Crippen molar-refractivity contribution < 1.29 is 9.53 Å². The molecule has 1 atom stereocenters. The molecule has 1 unspecified atom stereocenters. The first-order chi connectivity index (χ1) is 9.72. The van der Waals surface area contributed by atoms with Gasteiger partial charge in [0.25, 0.3) is 0 Å². The van der Waals surface area contributed by atoms with E-state index in [0.717, 1.165) is 43.5 Å². The Morgan fingerprint density at radius 3 is 2.90 bits per heavy atom. The Morgan fingerprint density at radius 2 is 2.25 bits per heavy atom. The largest absolute Gasteiger partial charge is 0.496 e. The van der Waals surface area contributed by atoms with Gasteiger partial charge in [-0.2, -0.15) is 0 Å². The molecule has 0 radical (unpaired) electrons. The first kappa shape index (κ1) is 14.9. The Balaban J connectivity index is 2.00. The van der Waals surface area contributed by atoms with Gasteiger partial charge in [-0.25, -0.2) is 0 Å². The summed E-state index contributed by atoms with van der Waals surface area (Å²) < 4.78 is 5.31. The standard InChI is InChI=1S/C16H24N2O2/c1-3-9-16(10-6-11-18-16)15(19)17-12-13-7-4-5-8-14(13)20-2/h4-5,7-8,18H,3,6,9-12H2,1-2H3,(H,17,19). The summed E-state index contributed by atoms with van der Waals surface area (Å²) in [6.45, 7) is 3.56. The van der Waals surface area contributed by atoms with Crippen LogP contribution in [0.3, 0.4) is 0 Å². The number of nitrogens with one attached hydrogen (secondary N) is 2. The van der Waals surface area contributed by atoms with E-state index in [4.69, 9.17) is 4.74 Å². The van der Waals surface area contributed by atoms with Crippen LogP contribution in [0.2, 0.25) is 0 Å². The maximum absolute atomic E-state index is 12.5. The van der Waals surface area contributed by atoms with Gasteiger partial charge in [-0.15, -0.1) is 0 Å². The predicted octanol–water partition coefficient (Wildman–Crippen LogP) is 2.23. The van der Waals surface area contributed by atoms with Crippen molar-refractivity contribution >= 4 is 5.91 Å². The summed E-state index contributed by atoms with van der Waals surface area (Å²) in [4.78, 5) is 12.5. The molecule has 1 amide bonds. The number of carbonyl (C=O) groups is 1. The molecule has 1 aliphatic rings. The zero-order chi connectivity index (χ0) is 14.4. The normalized spacial score (nSPS) is 21.7. The van der Waals surface area contributed by atoms with Crippen molar-refractivity contribution in [2.24, 2.45) is 0 Å². The first-order valence-electron chi connectivity index (χ1n) is 7.37. The molecule has 1 fully saturated rings. The highest BCUT2D eigenvalue weighted by Gasteiger charge is 2.39. The molecule has 110 valence electrons. The summed E-state index contributed by atoms with van der Waals surface area (Å²) in [5.74, 6) is 0.930. The molecule has 1 aliphatic heterocycles. The highest BCUT2D eigenvalue weighted by Crippen LogP contribution is 2.25. The van der Waals surface area contributed by atoms with Crippen LogP contribution in [0.1, 0.15) is 38.2 Å². The number of hydrogen-bond donors (Lipinski definition) is 2. The Labute approximate surface area is 120 Å². The number of benzene rings is 1. The molecule has 4 nitrogen and oxygen atoms in total. The smallest absolute Gasteiger partial charge is 0.240 e. The molecule has 0 aliphatic carbocycles. The first-order valence-corrected chi connectivity index (χ1v) is 7.37. The minimum atomic E-state index is -0.364. The number of carbonyl (C=O) groups excluding carboxylic acids is 1. The van der Waals surface area contributed by atoms with Crippen LogP contribution in [0.25, 0.3) is 0 Å². The topological polar surface area (TPSA) is 50.4 Å². The van der Waals surface area contributed by atoms with Crippen LogP contribution in [-0.4, -0.2) is 25.1 Å². The third-order valence-electron chi connectivity index (χ3n) is 3.99. The van der Waals surface area contributed by atoms with Gasteiger partial charge in [0.05, 0.1) is 12.6 Å². The van der Waals surface area contributed by atoms with E-state index in [0.29, 0.717) is 6.54 Å². The second-order valence-corrected chi connectivity index (χ2v) is 5.36. The molecule has 0 saturated carbocycles. The van der Waals surface area contributed by atoms with Gasteiger partial charge in [-0.3, -0.25) is 4.79 Å². The molecule has 2 rings (SSSR count). The van der Waals surface area contributed by atoms with E-state index in [-0.39, 0.29) is 11.4 Å². The van der Waals surface area contributed by atoms with Crippen LogP contribution in [0.4, 0.5) is 0 Å². The molecule has 20 heavy (non-hydrogen) atoms. The fourth-order valence-electron chi connectivity index (χ4n) is 2.95. The van der Waals surface area contributed by atoms with Gasteiger partial charge in [-0.1, -0.05) is 31.5 Å². The third-order valence-corrected chi connectivity index (χ3v) is 3.99. The van der Waals surface area contributed by atoms with Crippen LogP contribution >= 0.6 is 0 Å². The van der Waals surface area contributed by atoms with Crippen molar-refractivity contribution in [1.29, 1.82) is 0 Å². The SMILES string of the molecule is CCCC1(C(=O)NCc2ccccc2OC)CCCN1. The molecule has 2 N–H and O–H groups in total. The maximum atomic E-state index is 12.5. The van der Waals surface area contributed by atoms with Gasteiger partial charge in [0, 0.05) is 12.1 Å². The molecule has 4 heteroatoms. The zero-order valence-electron chi connectivity index (χ0n) is 12.4. The minimum absolute atomic E-state index is 0.114. The third kappa shape index (κ3) is 3.12. The molecule has 0 spiro atoms. The number of amides is 1. The fraction of sp³-hybridized carbons (Fsp3) is 0.562. The van der Waals surface area contributed by atoms with Crippen molar-refractivity contribution in [3.05, 3.63) is 29.8 Å². The molecule has 1 heterocycles. The Kier molecular flexibility index (Phi) is 5.01. The number of methoxy groups -OCH3 is 1. The van der Waals surface area contributed by atoms with Gasteiger partial charge in [0.2, 0.25) is 5.91 Å². The van der Waals surface area contributed by atoms with E-state index < -0.39 is 0 Å². The van der Waals surface area contributed by atoms with Gasteiger partial charge in [0.15, 0.2) is 0 Å². The van der Waals surface area contributed by atoms with Gasteiger partial charge < -0.3 is 15.4 Å². The average Bonchev–Trinajstić information content (AvgIpc) is 2.95. The molecule has 1 aromatic rings. The quantitative estimate of drug-likeness (QED) is 0.837. The van der Waals surface area contributed by atoms with Crippen LogP contribution < -0.4 is 15.4 Å². The second kappa shape index (κ2) is 6.75. The minimum Gasteiger partial charge on any atom is -0.496 e. The Hall–Kier alpha value is -1.55. The number of ether oxygens (including phenoxy) is 1. The van der Waals surface area contributed by atoms with E-state index in [1.165, 1.54) is 0 Å². The predicted molar refractivity (Wildman–Crippen MR) is 79.7 cm³/mol. The van der Waals surface area contributed by atoms with E-state index in [1.54, 1.807) is 7.11 Å². The lowest BCUT2D eigenvalue weighted by molar-refractivity contribution is -0.127. The highest BCUT2D eigenvalue weighted by atomic mass is 16.5. The number of rotatable bonds is 6. The molecule has 1 saturated heterocycles. The van der Waals surface area contributed by atoms with Crippen molar-refractivity contribution in [1.82, 2.24) is 10.6 Å². The molecule has 0 aromatic heterocycles. The summed E-state index contributed by atoms with van der Waals surface area (Å²) >= 11 is 0.